The number of hydrogen-bond acceptors (Lipinski definition) is 7. The second kappa shape index (κ2) is 15.3. The van der Waals surface area contributed by atoms with Crippen molar-refractivity contribution in [3.05, 3.63) is 44.0 Å². The van der Waals surface area contributed by atoms with E-state index in [0.29, 0.717) is 0 Å². The zero-order chi connectivity index (χ0) is 28.2. The van der Waals surface area contributed by atoms with E-state index >= 15 is 0 Å². The number of non-ortho nitro benzene ring substituents is 1. The molecule has 1 N–H and O–H groups in total. The fourth-order valence-corrected chi connectivity index (χ4v) is 5.77. The lowest BCUT2D eigenvalue weighted by Gasteiger charge is -2.34. The van der Waals surface area contributed by atoms with Crippen molar-refractivity contribution in [2.75, 3.05) is 6.61 Å². The van der Waals surface area contributed by atoms with Gasteiger partial charge in [0.15, 0.2) is 16.6 Å². The Morgan fingerprint density at radius 2 is 1.51 bits per heavy atom. The van der Waals surface area contributed by atoms with Crippen LogP contribution in [-0.2, 0) is 8.85 Å². The maximum atomic E-state index is 13.3. The predicted octanol–water partition coefficient (Wildman–Crippen LogP) is 6.81. The number of nitro benzene ring substituents is 2. The molecule has 0 bridgehead atoms. The van der Waals surface area contributed by atoms with E-state index in [4.69, 9.17) is 8.85 Å². The van der Waals surface area contributed by atoms with Crippen LogP contribution < -0.4 is 5.32 Å². The van der Waals surface area contributed by atoms with Gasteiger partial charge in [0.1, 0.15) is 5.56 Å². The molecule has 2 atom stereocenters. The molecule has 0 saturated carbocycles. The minimum absolute atomic E-state index is 0.226. The monoisotopic (exact) mass is 555 g/mol. The highest BCUT2D eigenvalue weighted by atomic mass is 28.4. The summed E-state index contributed by atoms with van der Waals surface area (Å²) >= 11 is 0. The molecule has 0 aliphatic heterocycles. The van der Waals surface area contributed by atoms with E-state index in [9.17, 15) is 25.0 Å². The Morgan fingerprint density at radius 3 is 2.03 bits per heavy atom. The standard InChI is InChI=1S/C25H45N3O7Si2/c1-8-9-10-11-12-13-14-15-24(35-37(5,6)7)22(19-34-36(2,3)4)26-25(29)21-17-16-20(27(30)31)18-23(21)28(32)33/h16-18,22,24H,8-15,19H2,1-7H3,(H,26,29). The molecule has 37 heavy (non-hydrogen) atoms. The first-order valence-electron chi connectivity index (χ1n) is 13.2. The van der Waals surface area contributed by atoms with Crippen LogP contribution in [0.3, 0.4) is 0 Å². The number of carbonyl (C=O) groups excluding carboxylic acids is 1. The predicted molar refractivity (Wildman–Crippen MR) is 151 cm³/mol. The number of hydrogen-bond donors (Lipinski definition) is 1. The van der Waals surface area contributed by atoms with Gasteiger partial charge in [-0.25, -0.2) is 0 Å². The summed E-state index contributed by atoms with van der Waals surface area (Å²) in [5.41, 5.74) is -1.27. The van der Waals surface area contributed by atoms with E-state index in [0.717, 1.165) is 43.9 Å². The first kappa shape index (κ1) is 32.9. The molecule has 0 aliphatic carbocycles. The topological polar surface area (TPSA) is 134 Å². The van der Waals surface area contributed by atoms with E-state index in [1.54, 1.807) is 0 Å². The number of rotatable bonds is 18. The maximum Gasteiger partial charge on any atom is 0.289 e. The van der Waals surface area contributed by atoms with Crippen molar-refractivity contribution >= 4 is 33.9 Å². The van der Waals surface area contributed by atoms with Crippen LogP contribution in [0.2, 0.25) is 39.3 Å². The Morgan fingerprint density at radius 1 is 0.919 bits per heavy atom. The highest BCUT2D eigenvalue weighted by Crippen LogP contribution is 2.26. The summed E-state index contributed by atoms with van der Waals surface area (Å²) in [5.74, 6) is -0.672. The van der Waals surface area contributed by atoms with Crippen LogP contribution in [0, 0.1) is 20.2 Å². The van der Waals surface area contributed by atoms with Gasteiger partial charge in [0, 0.05) is 6.07 Å². The molecule has 0 heterocycles. The molecule has 10 nitrogen and oxygen atoms in total. The Labute approximate surface area is 223 Å². The number of nitrogens with zero attached hydrogens (tertiary/aromatic N) is 2. The molecule has 1 rings (SSSR count). The number of nitro groups is 2. The quantitative estimate of drug-likeness (QED) is 0.0909. The first-order chi connectivity index (χ1) is 17.1. The van der Waals surface area contributed by atoms with Gasteiger partial charge in [-0.3, -0.25) is 25.0 Å². The molecule has 0 radical (unpaired) electrons. The highest BCUT2D eigenvalue weighted by molar-refractivity contribution is 6.70. The highest BCUT2D eigenvalue weighted by Gasteiger charge is 2.33. The van der Waals surface area contributed by atoms with Gasteiger partial charge in [0.2, 0.25) is 0 Å². The molecule has 210 valence electrons. The summed E-state index contributed by atoms with van der Waals surface area (Å²) < 4.78 is 12.7. The van der Waals surface area contributed by atoms with Crippen LogP contribution in [0.25, 0.3) is 0 Å². The number of benzene rings is 1. The molecule has 0 fully saturated rings. The largest absolute Gasteiger partial charge is 0.415 e. The third-order valence-electron chi connectivity index (χ3n) is 5.69. The Hall–Kier alpha value is -2.16. The Bertz CT molecular complexity index is 901. The zero-order valence-corrected chi connectivity index (χ0v) is 25.5. The van der Waals surface area contributed by atoms with E-state index in [2.05, 4.69) is 51.5 Å². The van der Waals surface area contributed by atoms with Crippen LogP contribution in [0.1, 0.15) is 68.6 Å². The third-order valence-corrected chi connectivity index (χ3v) is 7.73. The smallest absolute Gasteiger partial charge is 0.289 e. The zero-order valence-electron chi connectivity index (χ0n) is 23.5. The lowest BCUT2D eigenvalue weighted by molar-refractivity contribution is -0.394. The van der Waals surface area contributed by atoms with Crippen molar-refractivity contribution in [2.45, 2.75) is 110 Å². The van der Waals surface area contributed by atoms with Gasteiger partial charge in [0.05, 0.1) is 34.7 Å². The summed E-state index contributed by atoms with van der Waals surface area (Å²) in [5, 5.41) is 25.6. The number of carbonyl (C=O) groups is 1. The van der Waals surface area contributed by atoms with Crippen molar-refractivity contribution in [2.24, 2.45) is 0 Å². The van der Waals surface area contributed by atoms with Crippen LogP contribution in [-0.4, -0.2) is 51.1 Å². The summed E-state index contributed by atoms with van der Waals surface area (Å²) in [6.45, 7) is 14.8. The summed E-state index contributed by atoms with van der Waals surface area (Å²) in [6.07, 6.45) is 8.49. The van der Waals surface area contributed by atoms with Crippen LogP contribution in [0.5, 0.6) is 0 Å². The lowest BCUT2D eigenvalue weighted by atomic mass is 10.0. The van der Waals surface area contributed by atoms with Gasteiger partial charge in [-0.1, -0.05) is 51.9 Å². The van der Waals surface area contributed by atoms with Crippen molar-refractivity contribution < 1.29 is 23.5 Å². The maximum absolute atomic E-state index is 13.3. The molecule has 1 aromatic carbocycles. The number of amides is 1. The average molecular weight is 556 g/mol. The van der Waals surface area contributed by atoms with Gasteiger partial charge in [-0.2, -0.15) is 0 Å². The minimum Gasteiger partial charge on any atom is -0.415 e. The van der Waals surface area contributed by atoms with E-state index in [1.807, 2.05) is 0 Å². The van der Waals surface area contributed by atoms with Gasteiger partial charge >= 0.3 is 0 Å². The molecule has 0 aliphatic rings. The Balaban J connectivity index is 3.15. The number of nitrogens with one attached hydrogen (secondary N) is 1. The SMILES string of the molecule is CCCCCCCCCC(O[Si](C)(C)C)C(CO[Si](C)(C)C)NC(=O)c1ccc([N+](=O)[O-])cc1[N+](=O)[O-]. The van der Waals surface area contributed by atoms with E-state index in [1.165, 1.54) is 25.7 Å². The minimum atomic E-state index is -2.00. The molecule has 1 aromatic rings. The van der Waals surface area contributed by atoms with Gasteiger partial charge in [0.25, 0.3) is 17.3 Å². The first-order valence-corrected chi connectivity index (χ1v) is 20.0. The molecular formula is C25H45N3O7Si2. The van der Waals surface area contributed by atoms with Crippen LogP contribution in [0.15, 0.2) is 18.2 Å². The third kappa shape index (κ3) is 13.3. The summed E-state index contributed by atoms with van der Waals surface area (Å²) in [7, 11) is -3.94. The van der Waals surface area contributed by atoms with Crippen LogP contribution in [0.4, 0.5) is 11.4 Å². The second-order valence-electron chi connectivity index (χ2n) is 11.4. The molecule has 0 spiro atoms. The van der Waals surface area contributed by atoms with Crippen molar-refractivity contribution in [1.82, 2.24) is 5.32 Å². The van der Waals surface area contributed by atoms with Gasteiger partial charge < -0.3 is 14.2 Å². The normalized spacial score (nSPS) is 13.7. The second-order valence-corrected chi connectivity index (χ2v) is 20.4. The van der Waals surface area contributed by atoms with Crippen molar-refractivity contribution in [3.63, 3.8) is 0 Å². The van der Waals surface area contributed by atoms with E-state index < -0.39 is 49.8 Å². The summed E-state index contributed by atoms with van der Waals surface area (Å²) in [4.78, 5) is 34.5. The average Bonchev–Trinajstić information content (AvgIpc) is 2.78. The van der Waals surface area contributed by atoms with Gasteiger partial charge in [-0.15, -0.1) is 0 Å². The van der Waals surface area contributed by atoms with Crippen LogP contribution >= 0.6 is 0 Å². The lowest BCUT2D eigenvalue weighted by Crippen LogP contribution is -2.52. The molecular weight excluding hydrogens is 510 g/mol. The fourth-order valence-electron chi connectivity index (χ4n) is 3.90. The number of unbranched alkanes of at least 4 members (excludes halogenated alkanes) is 6. The summed E-state index contributed by atoms with van der Waals surface area (Å²) in [6, 6.07) is 2.54. The van der Waals surface area contributed by atoms with Crippen molar-refractivity contribution in [1.29, 1.82) is 0 Å². The van der Waals surface area contributed by atoms with Crippen molar-refractivity contribution in [3.8, 4) is 0 Å². The Kier molecular flexibility index (Phi) is 13.6. The molecule has 0 aromatic heterocycles. The van der Waals surface area contributed by atoms with E-state index in [-0.39, 0.29) is 18.3 Å². The molecule has 12 heteroatoms. The molecule has 0 saturated heterocycles. The van der Waals surface area contributed by atoms with Gasteiger partial charge in [-0.05, 0) is 51.8 Å². The fraction of sp³-hybridized carbons (Fsp3) is 0.720. The molecule has 1 amide bonds. The molecule has 2 unspecified atom stereocenters.